The number of nitrogen functional groups attached to an aromatic ring is 1. The summed E-state index contributed by atoms with van der Waals surface area (Å²) in [5, 5.41) is 18.9. The molecule has 0 radical (unpaired) electrons. The lowest BCUT2D eigenvalue weighted by Gasteiger charge is -2.20. The van der Waals surface area contributed by atoms with Gasteiger partial charge in [0.05, 0.1) is 12.5 Å². The average molecular weight is 594 g/mol. The fourth-order valence-corrected chi connectivity index (χ4v) is 3.29. The van der Waals surface area contributed by atoms with Crippen molar-refractivity contribution in [3.63, 3.8) is 0 Å². The third-order valence-electron chi connectivity index (χ3n) is 5.39. The van der Waals surface area contributed by atoms with Gasteiger partial charge in [-0.2, -0.15) is 13.2 Å². The van der Waals surface area contributed by atoms with Gasteiger partial charge in [-0.3, -0.25) is 24.6 Å². The van der Waals surface area contributed by atoms with E-state index < -0.39 is 67.1 Å². The Morgan fingerprint density at radius 1 is 1.00 bits per heavy atom. The Labute approximate surface area is 235 Å². The van der Waals surface area contributed by atoms with E-state index in [4.69, 9.17) is 21.0 Å². The van der Waals surface area contributed by atoms with Crippen LogP contribution in [0, 0.1) is 5.41 Å². The molecule has 42 heavy (non-hydrogen) atoms. The molecule has 2 rings (SSSR count). The van der Waals surface area contributed by atoms with Crippen LogP contribution in [0.4, 0.5) is 13.2 Å². The number of carboxylic acid groups (broad SMARTS) is 1. The van der Waals surface area contributed by atoms with Crippen molar-refractivity contribution in [2.45, 2.75) is 25.1 Å². The summed E-state index contributed by atoms with van der Waals surface area (Å²) in [6, 6.07) is 7.56. The molecule has 13 nitrogen and oxygen atoms in total. The predicted octanol–water partition coefficient (Wildman–Crippen LogP) is 1.07. The molecule has 0 saturated heterocycles. The van der Waals surface area contributed by atoms with E-state index in [9.17, 15) is 41.9 Å². The van der Waals surface area contributed by atoms with Gasteiger partial charge >= 0.3 is 24.1 Å². The number of nitrogens with zero attached hydrogens (tertiary/aromatic N) is 1. The van der Waals surface area contributed by atoms with Gasteiger partial charge in [0.1, 0.15) is 18.2 Å². The number of amidine groups is 1. The van der Waals surface area contributed by atoms with E-state index >= 15 is 0 Å². The summed E-state index contributed by atoms with van der Waals surface area (Å²) in [4.78, 5) is 72.2. The molecule has 5 N–H and O–H groups in total. The van der Waals surface area contributed by atoms with Crippen molar-refractivity contribution in [3.05, 3.63) is 64.7 Å². The molecular weight excluding hydrogens is 569 g/mol. The largest absolute Gasteiger partial charge is 0.491 e. The zero-order chi connectivity index (χ0) is 31.8. The first kappa shape index (κ1) is 32.9. The number of hydrogen-bond acceptors (Lipinski definition) is 9. The Bertz CT molecular complexity index is 1410. The Morgan fingerprint density at radius 3 is 2.10 bits per heavy atom. The van der Waals surface area contributed by atoms with Crippen molar-refractivity contribution in [3.8, 4) is 5.75 Å². The molecule has 224 valence electrons. The number of esters is 2. The van der Waals surface area contributed by atoms with Gasteiger partial charge in [0, 0.05) is 42.8 Å². The van der Waals surface area contributed by atoms with Crippen LogP contribution in [0.25, 0.3) is 0 Å². The maximum Gasteiger partial charge on any atom is 0.491 e. The number of aliphatic carboxylic acids is 1. The molecule has 0 unspecified atom stereocenters. The number of hydrogen-bond donors (Lipinski definition) is 4. The van der Waals surface area contributed by atoms with Gasteiger partial charge in [-0.25, -0.2) is 9.59 Å². The number of carbonyl (C=O) groups is 6. The first-order valence-electron chi connectivity index (χ1n) is 11.8. The highest BCUT2D eigenvalue weighted by molar-refractivity contribution is 6.33. The van der Waals surface area contributed by atoms with Gasteiger partial charge in [-0.15, -0.1) is 0 Å². The van der Waals surface area contributed by atoms with Crippen molar-refractivity contribution in [2.75, 3.05) is 20.7 Å². The molecule has 0 saturated carbocycles. The van der Waals surface area contributed by atoms with E-state index in [1.807, 2.05) is 0 Å². The molecule has 0 aliphatic carbocycles. The summed E-state index contributed by atoms with van der Waals surface area (Å²) in [7, 11) is 3.04. The third kappa shape index (κ3) is 9.42. The van der Waals surface area contributed by atoms with Crippen LogP contribution in [0.15, 0.2) is 42.5 Å². The second-order valence-electron chi connectivity index (χ2n) is 8.86. The number of halogens is 3. The summed E-state index contributed by atoms with van der Waals surface area (Å²) in [5.41, 5.74) is 5.82. The van der Waals surface area contributed by atoms with Crippen LogP contribution in [-0.4, -0.2) is 84.3 Å². The molecule has 2 aromatic rings. The standard InChI is InChI=1S/C26H25F3N4O9/c1-33(2)23(37)14-5-3-13(4-6-14)22(36)32-17(11-20(35)42-25(40)26(27,28)29)12-41-19-10-16(21(30)31)8-7-15(19)9-18(34)24(38)39/h3-8,10,17H,9,11-12H2,1-2H3,(H3,30,31)(H,32,36)(H,38,39)/t17-/m1/s1. The highest BCUT2D eigenvalue weighted by atomic mass is 19.4. The lowest BCUT2D eigenvalue weighted by molar-refractivity contribution is -0.202. The summed E-state index contributed by atoms with van der Waals surface area (Å²) >= 11 is 0. The van der Waals surface area contributed by atoms with Crippen LogP contribution in [0.1, 0.15) is 38.3 Å². The van der Waals surface area contributed by atoms with Gasteiger partial charge in [-0.1, -0.05) is 12.1 Å². The van der Waals surface area contributed by atoms with Crippen molar-refractivity contribution < 1.29 is 56.5 Å². The molecule has 0 aliphatic heterocycles. The Hall–Kier alpha value is -5.28. The normalized spacial score (nSPS) is 11.5. The molecule has 0 aliphatic rings. The van der Waals surface area contributed by atoms with Gasteiger partial charge in [0.15, 0.2) is 0 Å². The van der Waals surface area contributed by atoms with Crippen molar-refractivity contribution in [1.29, 1.82) is 5.41 Å². The van der Waals surface area contributed by atoms with Crippen LogP contribution in [0.2, 0.25) is 0 Å². The number of carbonyl (C=O) groups excluding carboxylic acids is 5. The van der Waals surface area contributed by atoms with Gasteiger partial charge < -0.3 is 30.5 Å². The first-order chi connectivity index (χ1) is 19.5. The van der Waals surface area contributed by atoms with Crippen LogP contribution >= 0.6 is 0 Å². The van der Waals surface area contributed by atoms with Gasteiger partial charge in [0.25, 0.3) is 11.8 Å². The first-order valence-corrected chi connectivity index (χ1v) is 11.8. The number of rotatable bonds is 12. The van der Waals surface area contributed by atoms with Gasteiger partial charge in [-0.05, 0) is 30.3 Å². The third-order valence-corrected chi connectivity index (χ3v) is 5.39. The highest BCUT2D eigenvalue weighted by Gasteiger charge is 2.42. The summed E-state index contributed by atoms with van der Waals surface area (Å²) in [5.74, 6) is -9.19. The summed E-state index contributed by atoms with van der Waals surface area (Å²) < 4.78 is 47.0. The average Bonchev–Trinajstić information content (AvgIpc) is 2.90. The molecule has 16 heteroatoms. The molecule has 2 aromatic carbocycles. The molecule has 2 amide bonds. The fraction of sp³-hybridized carbons (Fsp3) is 0.269. The number of nitrogens with one attached hydrogen (secondary N) is 2. The van der Waals surface area contributed by atoms with E-state index in [-0.39, 0.29) is 33.9 Å². The lowest BCUT2D eigenvalue weighted by Crippen LogP contribution is -2.42. The molecule has 0 fully saturated rings. The zero-order valence-electron chi connectivity index (χ0n) is 22.1. The number of carboxylic acids is 1. The topological polar surface area (TPSA) is 206 Å². The van der Waals surface area contributed by atoms with E-state index in [0.29, 0.717) is 0 Å². The van der Waals surface area contributed by atoms with Crippen molar-refractivity contribution in [2.24, 2.45) is 5.73 Å². The van der Waals surface area contributed by atoms with E-state index in [1.165, 1.54) is 61.5 Å². The lowest BCUT2D eigenvalue weighted by atomic mass is 10.0. The Kier molecular flexibility index (Phi) is 10.9. The number of Topliss-reactive ketones (excluding diaryl/α,β-unsaturated/α-hetero) is 1. The molecule has 0 bridgehead atoms. The maximum absolute atomic E-state index is 12.9. The van der Waals surface area contributed by atoms with Crippen LogP contribution in [0.3, 0.4) is 0 Å². The highest BCUT2D eigenvalue weighted by Crippen LogP contribution is 2.23. The SMILES string of the molecule is CN(C)C(=O)c1ccc(C(=O)N[C@@H](COc2cc(C(=N)N)ccc2CC(=O)C(=O)O)CC(=O)OC(=O)C(F)(F)F)cc1. The quantitative estimate of drug-likeness (QED) is 0.0904. The molecule has 0 aromatic heterocycles. The van der Waals surface area contributed by atoms with Crippen LogP contribution in [-0.2, 0) is 30.3 Å². The Balaban J connectivity index is 2.33. The second kappa shape index (κ2) is 13.9. The zero-order valence-corrected chi connectivity index (χ0v) is 22.1. The number of ether oxygens (including phenoxy) is 2. The predicted molar refractivity (Wildman–Crippen MR) is 137 cm³/mol. The van der Waals surface area contributed by atoms with Gasteiger partial charge in [0.2, 0.25) is 5.78 Å². The number of alkyl halides is 3. The van der Waals surface area contributed by atoms with E-state index in [2.05, 4.69) is 10.1 Å². The van der Waals surface area contributed by atoms with Crippen LogP contribution < -0.4 is 15.8 Å². The van der Waals surface area contributed by atoms with Crippen molar-refractivity contribution >= 4 is 41.3 Å². The number of ketones is 1. The maximum atomic E-state index is 12.9. The molecule has 0 spiro atoms. The van der Waals surface area contributed by atoms with Crippen molar-refractivity contribution in [1.82, 2.24) is 10.2 Å². The van der Waals surface area contributed by atoms with E-state index in [0.717, 1.165) is 0 Å². The number of nitrogens with two attached hydrogens (primary N) is 1. The second-order valence-corrected chi connectivity index (χ2v) is 8.86. The Morgan fingerprint density at radius 2 is 1.57 bits per heavy atom. The molecular formula is C26H25F3N4O9. The minimum atomic E-state index is -5.46. The smallest absolute Gasteiger partial charge is 0.491 e. The van der Waals surface area contributed by atoms with E-state index in [1.54, 1.807) is 0 Å². The minimum Gasteiger partial charge on any atom is -0.491 e. The molecule has 1 atom stereocenters. The minimum absolute atomic E-state index is 0.0126. The molecule has 0 heterocycles. The number of amides is 2. The summed E-state index contributed by atoms with van der Waals surface area (Å²) in [6.07, 6.45) is -7.10. The van der Waals surface area contributed by atoms with Crippen LogP contribution in [0.5, 0.6) is 5.75 Å². The monoisotopic (exact) mass is 594 g/mol. The number of benzene rings is 2. The fourth-order valence-electron chi connectivity index (χ4n) is 3.29. The summed E-state index contributed by atoms with van der Waals surface area (Å²) in [6.45, 7) is -0.659.